The summed E-state index contributed by atoms with van der Waals surface area (Å²) in [5, 5.41) is 4.19. The van der Waals surface area contributed by atoms with Gasteiger partial charge in [-0.1, -0.05) is 0 Å². The molecule has 86 valence electrons. The van der Waals surface area contributed by atoms with Crippen LogP contribution in [0.1, 0.15) is 13.8 Å². The molecule has 2 heterocycles. The second kappa shape index (κ2) is 3.75. The van der Waals surface area contributed by atoms with Gasteiger partial charge in [-0.2, -0.15) is 5.10 Å². The Balaban J connectivity index is 2.51. The quantitative estimate of drug-likeness (QED) is 0.833. The molecule has 0 radical (unpaired) electrons. The standard InChI is InChI=1S/C11H17N5/c1-11(2,8-12)15(3)10-9-4-5-14-16(9)7-6-13-10/h4-7H,8,12H2,1-3H3. The van der Waals surface area contributed by atoms with Crippen molar-refractivity contribution in [3.8, 4) is 0 Å². The second-order valence-corrected chi connectivity index (χ2v) is 4.49. The molecule has 0 saturated heterocycles. The number of fused-ring (bicyclic) bond motifs is 1. The minimum absolute atomic E-state index is 0.126. The molecule has 5 nitrogen and oxygen atoms in total. The smallest absolute Gasteiger partial charge is 0.154 e. The van der Waals surface area contributed by atoms with E-state index in [0.29, 0.717) is 6.54 Å². The van der Waals surface area contributed by atoms with Gasteiger partial charge in [-0.05, 0) is 19.9 Å². The Morgan fingerprint density at radius 1 is 1.44 bits per heavy atom. The van der Waals surface area contributed by atoms with Crippen molar-refractivity contribution < 1.29 is 0 Å². The number of hydrogen-bond acceptors (Lipinski definition) is 4. The SMILES string of the molecule is CN(c1nccn2nccc12)C(C)(C)CN. The van der Waals surface area contributed by atoms with Crippen molar-refractivity contribution in [1.82, 2.24) is 14.6 Å². The zero-order valence-electron chi connectivity index (χ0n) is 9.88. The maximum absolute atomic E-state index is 5.77. The molecule has 0 aliphatic rings. The number of rotatable bonds is 3. The first kappa shape index (κ1) is 10.9. The van der Waals surface area contributed by atoms with Crippen LogP contribution < -0.4 is 10.6 Å². The third kappa shape index (κ3) is 1.63. The number of nitrogens with zero attached hydrogens (tertiary/aromatic N) is 4. The lowest BCUT2D eigenvalue weighted by molar-refractivity contribution is 0.495. The van der Waals surface area contributed by atoms with Crippen LogP contribution in [0.3, 0.4) is 0 Å². The van der Waals surface area contributed by atoms with Gasteiger partial charge in [0.2, 0.25) is 0 Å². The molecule has 0 amide bonds. The molecular formula is C11H17N5. The summed E-state index contributed by atoms with van der Waals surface area (Å²) in [6.07, 6.45) is 5.35. The van der Waals surface area contributed by atoms with Crippen molar-refractivity contribution in [3.63, 3.8) is 0 Å². The molecule has 0 aliphatic carbocycles. The Bertz CT molecular complexity index is 488. The van der Waals surface area contributed by atoms with Crippen LogP contribution in [0.2, 0.25) is 0 Å². The van der Waals surface area contributed by atoms with Gasteiger partial charge >= 0.3 is 0 Å². The van der Waals surface area contributed by atoms with Crippen LogP contribution in [0, 0.1) is 0 Å². The number of aromatic nitrogens is 3. The lowest BCUT2D eigenvalue weighted by Gasteiger charge is -2.35. The largest absolute Gasteiger partial charge is 0.351 e. The normalized spacial score (nSPS) is 12.0. The summed E-state index contributed by atoms with van der Waals surface area (Å²) in [5.41, 5.74) is 6.64. The first-order valence-electron chi connectivity index (χ1n) is 5.28. The maximum atomic E-state index is 5.77. The molecule has 2 N–H and O–H groups in total. The summed E-state index contributed by atoms with van der Waals surface area (Å²) in [6.45, 7) is 4.75. The second-order valence-electron chi connectivity index (χ2n) is 4.49. The van der Waals surface area contributed by atoms with Gasteiger partial charge in [0, 0.05) is 31.5 Å². The van der Waals surface area contributed by atoms with Gasteiger partial charge in [0.15, 0.2) is 5.82 Å². The van der Waals surface area contributed by atoms with E-state index in [4.69, 9.17) is 5.73 Å². The fourth-order valence-corrected chi connectivity index (χ4v) is 1.53. The Morgan fingerprint density at radius 3 is 2.88 bits per heavy atom. The lowest BCUT2D eigenvalue weighted by atomic mass is 10.0. The van der Waals surface area contributed by atoms with E-state index >= 15 is 0 Å². The van der Waals surface area contributed by atoms with Crippen molar-refractivity contribution in [2.24, 2.45) is 5.73 Å². The van der Waals surface area contributed by atoms with Gasteiger partial charge in [0.1, 0.15) is 5.52 Å². The molecule has 2 aromatic rings. The topological polar surface area (TPSA) is 59.5 Å². The van der Waals surface area contributed by atoms with Crippen LogP contribution in [0.4, 0.5) is 5.82 Å². The van der Waals surface area contributed by atoms with Crippen LogP contribution in [-0.2, 0) is 0 Å². The summed E-state index contributed by atoms with van der Waals surface area (Å²) >= 11 is 0. The summed E-state index contributed by atoms with van der Waals surface area (Å²) in [7, 11) is 2.00. The Hall–Kier alpha value is -1.62. The van der Waals surface area contributed by atoms with Gasteiger partial charge < -0.3 is 10.6 Å². The predicted molar refractivity (Wildman–Crippen MR) is 64.5 cm³/mol. The molecule has 0 aliphatic heterocycles. The van der Waals surface area contributed by atoms with E-state index in [1.165, 1.54) is 0 Å². The van der Waals surface area contributed by atoms with Crippen LogP contribution in [0.5, 0.6) is 0 Å². The predicted octanol–water partition coefficient (Wildman–Crippen LogP) is 0.903. The van der Waals surface area contributed by atoms with Crippen LogP contribution in [-0.4, -0.2) is 33.7 Å². The number of hydrogen-bond donors (Lipinski definition) is 1. The Kier molecular flexibility index (Phi) is 2.55. The maximum Gasteiger partial charge on any atom is 0.154 e. The summed E-state index contributed by atoms with van der Waals surface area (Å²) < 4.78 is 1.81. The Labute approximate surface area is 94.9 Å². The molecule has 0 atom stereocenters. The molecule has 5 heteroatoms. The summed E-state index contributed by atoms with van der Waals surface area (Å²) in [5.74, 6) is 0.899. The van der Waals surface area contributed by atoms with Crippen molar-refractivity contribution >= 4 is 11.3 Å². The minimum Gasteiger partial charge on any atom is -0.351 e. The average Bonchev–Trinajstić information content (AvgIpc) is 2.75. The Morgan fingerprint density at radius 2 is 2.19 bits per heavy atom. The number of anilines is 1. The van der Waals surface area contributed by atoms with E-state index in [-0.39, 0.29) is 5.54 Å². The number of likely N-dealkylation sites (N-methyl/N-ethyl adjacent to an activating group) is 1. The van der Waals surface area contributed by atoms with Gasteiger partial charge in [0.25, 0.3) is 0 Å². The fraction of sp³-hybridized carbons (Fsp3) is 0.455. The van der Waals surface area contributed by atoms with Crippen LogP contribution in [0.25, 0.3) is 5.52 Å². The first-order valence-corrected chi connectivity index (χ1v) is 5.28. The molecule has 0 bridgehead atoms. The fourth-order valence-electron chi connectivity index (χ4n) is 1.53. The van der Waals surface area contributed by atoms with Gasteiger partial charge in [-0.15, -0.1) is 0 Å². The van der Waals surface area contributed by atoms with Gasteiger partial charge in [-0.3, -0.25) is 0 Å². The van der Waals surface area contributed by atoms with Crippen molar-refractivity contribution in [1.29, 1.82) is 0 Å². The number of nitrogens with two attached hydrogens (primary N) is 1. The lowest BCUT2D eigenvalue weighted by Crippen LogP contribution is -2.47. The highest BCUT2D eigenvalue weighted by Gasteiger charge is 2.24. The van der Waals surface area contributed by atoms with Crippen molar-refractivity contribution in [3.05, 3.63) is 24.7 Å². The highest BCUT2D eigenvalue weighted by atomic mass is 15.3. The monoisotopic (exact) mass is 219 g/mol. The molecule has 0 saturated carbocycles. The third-order valence-electron chi connectivity index (χ3n) is 3.03. The molecule has 2 aromatic heterocycles. The molecule has 16 heavy (non-hydrogen) atoms. The van der Waals surface area contributed by atoms with Crippen molar-refractivity contribution in [2.75, 3.05) is 18.5 Å². The van der Waals surface area contributed by atoms with Crippen molar-refractivity contribution in [2.45, 2.75) is 19.4 Å². The average molecular weight is 219 g/mol. The zero-order chi connectivity index (χ0) is 11.8. The zero-order valence-corrected chi connectivity index (χ0v) is 9.88. The molecular weight excluding hydrogens is 202 g/mol. The van der Waals surface area contributed by atoms with E-state index < -0.39 is 0 Å². The van der Waals surface area contributed by atoms with E-state index in [2.05, 4.69) is 28.8 Å². The molecule has 0 fully saturated rings. The highest BCUT2D eigenvalue weighted by molar-refractivity contribution is 5.68. The molecule has 0 unspecified atom stereocenters. The first-order chi connectivity index (χ1) is 7.56. The van der Waals surface area contributed by atoms with E-state index in [0.717, 1.165) is 11.3 Å². The molecule has 2 rings (SSSR count). The highest BCUT2D eigenvalue weighted by Crippen LogP contribution is 2.23. The summed E-state index contributed by atoms with van der Waals surface area (Å²) in [4.78, 5) is 6.49. The third-order valence-corrected chi connectivity index (χ3v) is 3.03. The van der Waals surface area contributed by atoms with Gasteiger partial charge in [0.05, 0.1) is 6.20 Å². The van der Waals surface area contributed by atoms with E-state index in [1.807, 2.05) is 23.8 Å². The molecule has 0 aromatic carbocycles. The van der Waals surface area contributed by atoms with Crippen LogP contribution in [0.15, 0.2) is 24.7 Å². The minimum atomic E-state index is -0.126. The summed E-state index contributed by atoms with van der Waals surface area (Å²) in [6, 6.07) is 1.95. The molecule has 0 spiro atoms. The van der Waals surface area contributed by atoms with Gasteiger partial charge in [-0.25, -0.2) is 9.50 Å². The van der Waals surface area contributed by atoms with Crippen LogP contribution >= 0.6 is 0 Å². The van der Waals surface area contributed by atoms with E-state index in [1.54, 1.807) is 12.4 Å². The van der Waals surface area contributed by atoms with E-state index in [9.17, 15) is 0 Å².